The van der Waals surface area contributed by atoms with Crippen molar-refractivity contribution in [2.75, 3.05) is 7.11 Å². The molecule has 16 heavy (non-hydrogen) atoms. The fourth-order valence-corrected chi connectivity index (χ4v) is 2.53. The van der Waals surface area contributed by atoms with Gasteiger partial charge in [0.2, 0.25) is 0 Å². The molecular formula is C13H22N2O. The van der Waals surface area contributed by atoms with E-state index in [9.17, 15) is 0 Å². The van der Waals surface area contributed by atoms with Crippen LogP contribution in [0.15, 0.2) is 18.3 Å². The summed E-state index contributed by atoms with van der Waals surface area (Å²) in [5.41, 5.74) is 1.33. The summed E-state index contributed by atoms with van der Waals surface area (Å²) in [5, 5.41) is 3.62. The van der Waals surface area contributed by atoms with Crippen LogP contribution in [-0.4, -0.2) is 23.8 Å². The van der Waals surface area contributed by atoms with Gasteiger partial charge in [0.05, 0.1) is 6.10 Å². The Morgan fingerprint density at radius 3 is 2.94 bits per heavy atom. The Kier molecular flexibility index (Phi) is 4.02. The number of hydrogen-bond acceptors (Lipinski definition) is 2. The minimum atomic E-state index is 0.397. The normalized spacial score (nSPS) is 25.9. The van der Waals surface area contributed by atoms with Crippen molar-refractivity contribution in [3.05, 3.63) is 24.0 Å². The van der Waals surface area contributed by atoms with Crippen molar-refractivity contribution in [1.29, 1.82) is 0 Å². The maximum absolute atomic E-state index is 5.53. The van der Waals surface area contributed by atoms with Crippen molar-refractivity contribution < 1.29 is 4.74 Å². The molecule has 0 aliphatic heterocycles. The van der Waals surface area contributed by atoms with Gasteiger partial charge in [-0.05, 0) is 25.0 Å². The Morgan fingerprint density at radius 1 is 1.44 bits per heavy atom. The van der Waals surface area contributed by atoms with Gasteiger partial charge in [0.25, 0.3) is 0 Å². The van der Waals surface area contributed by atoms with E-state index in [0.717, 1.165) is 6.54 Å². The van der Waals surface area contributed by atoms with E-state index in [-0.39, 0.29) is 0 Å². The van der Waals surface area contributed by atoms with Gasteiger partial charge in [0.15, 0.2) is 0 Å². The van der Waals surface area contributed by atoms with Gasteiger partial charge in [-0.25, -0.2) is 0 Å². The van der Waals surface area contributed by atoms with Crippen LogP contribution in [0.2, 0.25) is 0 Å². The number of hydrogen-bond donors (Lipinski definition) is 1. The van der Waals surface area contributed by atoms with Crippen LogP contribution in [0.4, 0.5) is 0 Å². The Labute approximate surface area is 97.8 Å². The fraction of sp³-hybridized carbons (Fsp3) is 0.692. The molecule has 1 aromatic rings. The maximum atomic E-state index is 5.53. The minimum Gasteiger partial charge on any atom is -0.380 e. The Bertz CT molecular complexity index is 321. The van der Waals surface area contributed by atoms with Gasteiger partial charge in [-0.2, -0.15) is 0 Å². The molecule has 1 saturated carbocycles. The number of rotatable bonds is 4. The first-order valence-electron chi connectivity index (χ1n) is 6.17. The second-order valence-electron chi connectivity index (χ2n) is 4.66. The Hall–Kier alpha value is -0.800. The third kappa shape index (κ3) is 2.66. The number of aromatic nitrogens is 1. The average molecular weight is 222 g/mol. The molecule has 1 N–H and O–H groups in total. The zero-order chi connectivity index (χ0) is 11.4. The molecule has 1 aromatic heterocycles. The van der Waals surface area contributed by atoms with Crippen LogP contribution in [-0.2, 0) is 18.3 Å². The first-order valence-corrected chi connectivity index (χ1v) is 6.17. The van der Waals surface area contributed by atoms with Gasteiger partial charge in [-0.3, -0.25) is 0 Å². The molecule has 1 aliphatic rings. The highest BCUT2D eigenvalue weighted by molar-refractivity contribution is 5.06. The van der Waals surface area contributed by atoms with Gasteiger partial charge < -0.3 is 14.6 Å². The Morgan fingerprint density at radius 2 is 2.25 bits per heavy atom. The summed E-state index contributed by atoms with van der Waals surface area (Å²) in [7, 11) is 3.92. The topological polar surface area (TPSA) is 26.2 Å². The predicted molar refractivity (Wildman–Crippen MR) is 65.3 cm³/mol. The molecule has 1 fully saturated rings. The van der Waals surface area contributed by atoms with Crippen LogP contribution < -0.4 is 5.32 Å². The third-order valence-electron chi connectivity index (χ3n) is 3.60. The summed E-state index contributed by atoms with van der Waals surface area (Å²) in [6, 6.07) is 4.78. The standard InChI is InChI=1S/C13H22N2O/c1-15-9-5-6-11(15)10-14-12-7-3-4-8-13(12)16-2/h5-6,9,12-14H,3-4,7-8,10H2,1-2H3. The summed E-state index contributed by atoms with van der Waals surface area (Å²) >= 11 is 0. The molecule has 90 valence electrons. The second kappa shape index (κ2) is 5.51. The fourth-order valence-electron chi connectivity index (χ4n) is 2.53. The van der Waals surface area contributed by atoms with Gasteiger partial charge in [0.1, 0.15) is 0 Å². The van der Waals surface area contributed by atoms with Crippen LogP contribution >= 0.6 is 0 Å². The molecule has 2 rings (SSSR count). The molecule has 1 heterocycles. The zero-order valence-electron chi connectivity index (χ0n) is 10.3. The molecular weight excluding hydrogens is 200 g/mol. The summed E-state index contributed by atoms with van der Waals surface area (Å²) in [5.74, 6) is 0. The van der Waals surface area contributed by atoms with Crippen molar-refractivity contribution in [2.45, 2.75) is 44.4 Å². The number of nitrogens with zero attached hydrogens (tertiary/aromatic N) is 1. The molecule has 0 radical (unpaired) electrons. The van der Waals surface area contributed by atoms with Crippen molar-refractivity contribution in [2.24, 2.45) is 7.05 Å². The van der Waals surface area contributed by atoms with Crippen LogP contribution in [0.25, 0.3) is 0 Å². The van der Waals surface area contributed by atoms with Gasteiger partial charge in [-0.15, -0.1) is 0 Å². The van der Waals surface area contributed by atoms with Crippen LogP contribution in [0.5, 0.6) is 0 Å². The quantitative estimate of drug-likeness (QED) is 0.844. The number of ether oxygens (including phenoxy) is 1. The van der Waals surface area contributed by atoms with Gasteiger partial charge in [-0.1, -0.05) is 12.8 Å². The van der Waals surface area contributed by atoms with Crippen LogP contribution in [0.3, 0.4) is 0 Å². The van der Waals surface area contributed by atoms with E-state index >= 15 is 0 Å². The molecule has 0 bridgehead atoms. The van der Waals surface area contributed by atoms with E-state index in [1.54, 1.807) is 0 Å². The lowest BCUT2D eigenvalue weighted by Gasteiger charge is -2.31. The largest absolute Gasteiger partial charge is 0.380 e. The van der Waals surface area contributed by atoms with Crippen molar-refractivity contribution in [1.82, 2.24) is 9.88 Å². The minimum absolute atomic E-state index is 0.397. The molecule has 3 nitrogen and oxygen atoms in total. The molecule has 2 unspecified atom stereocenters. The van der Waals surface area contributed by atoms with Crippen LogP contribution in [0, 0.1) is 0 Å². The SMILES string of the molecule is COC1CCCCC1NCc1cccn1C. The summed E-state index contributed by atoms with van der Waals surface area (Å²) in [4.78, 5) is 0. The molecule has 0 amide bonds. The highest BCUT2D eigenvalue weighted by atomic mass is 16.5. The van der Waals surface area contributed by atoms with E-state index < -0.39 is 0 Å². The molecule has 2 atom stereocenters. The van der Waals surface area contributed by atoms with Crippen LogP contribution in [0.1, 0.15) is 31.4 Å². The second-order valence-corrected chi connectivity index (χ2v) is 4.66. The lowest BCUT2D eigenvalue weighted by molar-refractivity contribution is 0.0411. The highest BCUT2D eigenvalue weighted by Crippen LogP contribution is 2.21. The van der Waals surface area contributed by atoms with Crippen molar-refractivity contribution >= 4 is 0 Å². The van der Waals surface area contributed by atoms with Crippen molar-refractivity contribution in [3.63, 3.8) is 0 Å². The smallest absolute Gasteiger partial charge is 0.0724 e. The monoisotopic (exact) mass is 222 g/mol. The highest BCUT2D eigenvalue weighted by Gasteiger charge is 2.24. The number of aryl methyl sites for hydroxylation is 1. The third-order valence-corrected chi connectivity index (χ3v) is 3.60. The first-order chi connectivity index (χ1) is 7.81. The maximum Gasteiger partial charge on any atom is 0.0724 e. The summed E-state index contributed by atoms with van der Waals surface area (Å²) in [6.45, 7) is 0.939. The Balaban J connectivity index is 1.86. The average Bonchev–Trinajstić information content (AvgIpc) is 2.72. The van der Waals surface area contributed by atoms with E-state index in [4.69, 9.17) is 4.74 Å². The summed E-state index contributed by atoms with van der Waals surface area (Å²) in [6.07, 6.45) is 7.55. The molecule has 0 aromatic carbocycles. The van der Waals surface area contributed by atoms with E-state index in [0.29, 0.717) is 12.1 Å². The number of methoxy groups -OCH3 is 1. The molecule has 1 aliphatic carbocycles. The van der Waals surface area contributed by atoms with E-state index in [1.165, 1.54) is 31.4 Å². The van der Waals surface area contributed by atoms with Gasteiger partial charge >= 0.3 is 0 Å². The lowest BCUT2D eigenvalue weighted by Crippen LogP contribution is -2.42. The van der Waals surface area contributed by atoms with Gasteiger partial charge in [0, 0.05) is 38.6 Å². The first kappa shape index (κ1) is 11.7. The lowest BCUT2D eigenvalue weighted by atomic mass is 9.92. The van der Waals surface area contributed by atoms with E-state index in [1.807, 2.05) is 7.11 Å². The molecule has 3 heteroatoms. The van der Waals surface area contributed by atoms with Crippen molar-refractivity contribution in [3.8, 4) is 0 Å². The summed E-state index contributed by atoms with van der Waals surface area (Å²) < 4.78 is 7.70. The number of nitrogens with one attached hydrogen (secondary N) is 1. The molecule has 0 saturated heterocycles. The zero-order valence-corrected chi connectivity index (χ0v) is 10.3. The predicted octanol–water partition coefficient (Wildman–Crippen LogP) is 2.07. The van der Waals surface area contributed by atoms with E-state index in [2.05, 4.69) is 35.3 Å². The molecule has 0 spiro atoms.